The van der Waals surface area contributed by atoms with Crippen LogP contribution in [0.15, 0.2) is 41.4 Å². The molecule has 0 atom stereocenters. The fourth-order valence-corrected chi connectivity index (χ4v) is 6.66. The van der Waals surface area contributed by atoms with Gasteiger partial charge in [0.15, 0.2) is 11.0 Å². The van der Waals surface area contributed by atoms with Gasteiger partial charge in [-0.25, -0.2) is 22.9 Å². The first-order valence-corrected chi connectivity index (χ1v) is 13.8. The second kappa shape index (κ2) is 10.9. The molecule has 10 nitrogen and oxygen atoms in total. The summed E-state index contributed by atoms with van der Waals surface area (Å²) in [6.07, 6.45) is 3.86. The molecule has 0 radical (unpaired) electrons. The Morgan fingerprint density at radius 3 is 2.60 bits per heavy atom. The molecule has 2 aromatic heterocycles. The van der Waals surface area contributed by atoms with Crippen LogP contribution in [0.4, 0.5) is 16.3 Å². The number of anilines is 2. The lowest BCUT2D eigenvalue weighted by Gasteiger charge is -2.27. The highest BCUT2D eigenvalue weighted by Crippen LogP contribution is 2.40. The number of thiazole rings is 1. The number of amides is 1. The second-order valence-corrected chi connectivity index (χ2v) is 11.3. The zero-order valence-electron chi connectivity index (χ0n) is 18.9. The Hall–Kier alpha value is -2.80. The van der Waals surface area contributed by atoms with Gasteiger partial charge in [-0.3, -0.25) is 0 Å². The van der Waals surface area contributed by atoms with E-state index in [4.69, 9.17) is 16.7 Å². The fraction of sp³-hybridized carbons (Fsp3) is 0.364. The Balaban J connectivity index is 1.60. The van der Waals surface area contributed by atoms with Crippen molar-refractivity contribution in [3.8, 4) is 10.4 Å². The quantitative estimate of drug-likeness (QED) is 0.327. The summed E-state index contributed by atoms with van der Waals surface area (Å²) in [6.45, 7) is 1.98. The van der Waals surface area contributed by atoms with E-state index in [0.29, 0.717) is 17.1 Å². The maximum Gasteiger partial charge on any atom is 0.404 e. The molecule has 4 rings (SSSR count). The molecule has 1 aromatic carbocycles. The third kappa shape index (κ3) is 6.26. The van der Waals surface area contributed by atoms with Crippen molar-refractivity contribution in [2.75, 3.05) is 11.9 Å². The highest BCUT2D eigenvalue weighted by Gasteiger charge is 2.27. The molecule has 1 aliphatic rings. The number of aromatic nitrogens is 3. The molecule has 1 saturated carbocycles. The van der Waals surface area contributed by atoms with E-state index < -0.39 is 16.1 Å². The van der Waals surface area contributed by atoms with Crippen LogP contribution in [0, 0.1) is 0 Å². The maximum atomic E-state index is 13.1. The lowest BCUT2D eigenvalue weighted by atomic mass is 9.86. The number of halogens is 1. The van der Waals surface area contributed by atoms with Crippen LogP contribution in [0.2, 0.25) is 5.15 Å². The molecule has 0 spiro atoms. The smallest absolute Gasteiger partial charge is 0.404 e. The molecule has 1 amide bonds. The van der Waals surface area contributed by atoms with Crippen molar-refractivity contribution in [1.82, 2.24) is 25.2 Å². The van der Waals surface area contributed by atoms with Gasteiger partial charge < -0.3 is 15.7 Å². The van der Waals surface area contributed by atoms with Gasteiger partial charge in [0.05, 0.1) is 14.8 Å². The molecule has 2 heterocycles. The largest absolute Gasteiger partial charge is 0.465 e. The predicted molar refractivity (Wildman–Crippen MR) is 135 cm³/mol. The van der Waals surface area contributed by atoms with Crippen LogP contribution < -0.4 is 15.4 Å². The summed E-state index contributed by atoms with van der Waals surface area (Å²) in [5.41, 5.74) is 1.10. The summed E-state index contributed by atoms with van der Waals surface area (Å²) < 4.78 is 28.7. The van der Waals surface area contributed by atoms with Gasteiger partial charge in [-0.2, -0.15) is 0 Å². The van der Waals surface area contributed by atoms with Crippen LogP contribution in [0.3, 0.4) is 0 Å². The van der Waals surface area contributed by atoms with E-state index in [9.17, 15) is 13.2 Å². The number of benzene rings is 1. The third-order valence-corrected chi connectivity index (χ3v) is 8.68. The van der Waals surface area contributed by atoms with E-state index >= 15 is 0 Å². The first-order chi connectivity index (χ1) is 16.7. The van der Waals surface area contributed by atoms with Gasteiger partial charge in [0.25, 0.3) is 0 Å². The Morgan fingerprint density at radius 2 is 1.94 bits per heavy atom. The van der Waals surface area contributed by atoms with Gasteiger partial charge in [0.1, 0.15) is 0 Å². The van der Waals surface area contributed by atoms with Crippen LogP contribution in [0.25, 0.3) is 10.4 Å². The highest BCUT2D eigenvalue weighted by atomic mass is 35.5. The zero-order valence-corrected chi connectivity index (χ0v) is 21.3. The monoisotopic (exact) mass is 536 g/mol. The SMILES string of the molecule is CCNS(=O)(=O)c1cc(Nc2ccc(Cl)nn2)ccc1-c1cnc(C2CCC(NC(=O)O)CC2)s1. The maximum absolute atomic E-state index is 13.1. The van der Waals surface area contributed by atoms with Crippen molar-refractivity contribution < 1.29 is 18.3 Å². The molecule has 1 aliphatic carbocycles. The van der Waals surface area contributed by atoms with Crippen molar-refractivity contribution in [1.29, 1.82) is 0 Å². The first kappa shape index (κ1) is 25.3. The summed E-state index contributed by atoms with van der Waals surface area (Å²) in [4.78, 5) is 16.4. The molecule has 4 N–H and O–H groups in total. The molecule has 0 saturated heterocycles. The van der Waals surface area contributed by atoms with E-state index in [2.05, 4.69) is 30.5 Å². The highest BCUT2D eigenvalue weighted by molar-refractivity contribution is 7.89. The molecule has 0 aliphatic heterocycles. The lowest BCUT2D eigenvalue weighted by molar-refractivity contribution is 0.185. The minimum absolute atomic E-state index is 0.0366. The minimum Gasteiger partial charge on any atom is -0.465 e. The van der Waals surface area contributed by atoms with Crippen molar-refractivity contribution in [3.05, 3.63) is 46.7 Å². The molecular formula is C22H25ClN6O4S2. The average Bonchev–Trinajstić information content (AvgIpc) is 3.31. The number of nitrogens with one attached hydrogen (secondary N) is 3. The van der Waals surface area contributed by atoms with Gasteiger partial charge in [-0.05, 0) is 49.9 Å². The molecular weight excluding hydrogens is 512 g/mol. The second-order valence-electron chi connectivity index (χ2n) is 8.14. The Labute approximate surface area is 212 Å². The molecule has 186 valence electrons. The van der Waals surface area contributed by atoms with Crippen molar-refractivity contribution in [2.45, 2.75) is 49.5 Å². The predicted octanol–water partition coefficient (Wildman–Crippen LogP) is 4.59. The van der Waals surface area contributed by atoms with Crippen molar-refractivity contribution in [2.24, 2.45) is 0 Å². The fourth-order valence-electron chi connectivity index (χ4n) is 4.08. The Kier molecular flexibility index (Phi) is 7.85. The Morgan fingerprint density at radius 1 is 1.17 bits per heavy atom. The number of carbonyl (C=O) groups is 1. The summed E-state index contributed by atoms with van der Waals surface area (Å²) in [7, 11) is -3.78. The van der Waals surface area contributed by atoms with Crippen LogP contribution in [-0.2, 0) is 10.0 Å². The van der Waals surface area contributed by atoms with Crippen LogP contribution in [0.1, 0.15) is 43.5 Å². The molecule has 3 aromatic rings. The zero-order chi connectivity index (χ0) is 25.0. The van der Waals surface area contributed by atoms with Gasteiger partial charge in [-0.15, -0.1) is 21.5 Å². The number of hydrogen-bond acceptors (Lipinski definition) is 8. The van der Waals surface area contributed by atoms with Crippen LogP contribution in [-0.4, -0.2) is 47.4 Å². The van der Waals surface area contributed by atoms with Crippen molar-refractivity contribution >= 4 is 50.6 Å². The number of carboxylic acid groups (broad SMARTS) is 1. The molecule has 35 heavy (non-hydrogen) atoms. The first-order valence-electron chi connectivity index (χ1n) is 11.1. The van der Waals surface area contributed by atoms with Gasteiger partial charge >= 0.3 is 6.09 Å². The standard InChI is InChI=1S/C22H25ClN6O4S2/c1-2-25-35(32,33)18-11-15(26-20-10-9-19(23)28-29-20)7-8-16(18)17-12-24-21(34-17)13-3-5-14(6-4-13)27-22(30)31/h7-14,25,27H,2-6H2,1H3,(H,26,29)(H,30,31). The lowest BCUT2D eigenvalue weighted by Crippen LogP contribution is -2.36. The number of sulfonamides is 1. The summed E-state index contributed by atoms with van der Waals surface area (Å²) in [5, 5.41) is 23.5. The number of nitrogens with zero attached hydrogens (tertiary/aromatic N) is 3. The van der Waals surface area contributed by atoms with Crippen molar-refractivity contribution in [3.63, 3.8) is 0 Å². The van der Waals surface area contributed by atoms with E-state index in [1.54, 1.807) is 43.5 Å². The van der Waals surface area contributed by atoms with E-state index in [1.807, 2.05) is 0 Å². The molecule has 0 unspecified atom stereocenters. The average molecular weight is 537 g/mol. The van der Waals surface area contributed by atoms with Crippen LogP contribution in [0.5, 0.6) is 0 Å². The summed E-state index contributed by atoms with van der Waals surface area (Å²) in [5.74, 6) is 0.654. The Bertz CT molecular complexity index is 1290. The van der Waals surface area contributed by atoms with Gasteiger partial charge in [0, 0.05) is 36.0 Å². The van der Waals surface area contributed by atoms with Crippen LogP contribution >= 0.6 is 22.9 Å². The molecule has 1 fully saturated rings. The van der Waals surface area contributed by atoms with E-state index in [0.717, 1.165) is 35.6 Å². The van der Waals surface area contributed by atoms with Gasteiger partial charge in [-0.1, -0.05) is 24.6 Å². The van der Waals surface area contributed by atoms with Gasteiger partial charge in [0.2, 0.25) is 10.0 Å². The number of rotatable bonds is 8. The number of hydrogen-bond donors (Lipinski definition) is 4. The normalized spacial score (nSPS) is 18.2. The topological polar surface area (TPSA) is 146 Å². The molecule has 13 heteroatoms. The summed E-state index contributed by atoms with van der Waals surface area (Å²) in [6, 6.07) is 8.29. The van der Waals surface area contributed by atoms with E-state index in [-0.39, 0.29) is 28.6 Å². The molecule has 0 bridgehead atoms. The third-order valence-electron chi connectivity index (χ3n) is 5.70. The van der Waals surface area contributed by atoms with E-state index in [1.165, 1.54) is 11.3 Å². The summed E-state index contributed by atoms with van der Waals surface area (Å²) >= 11 is 7.26. The minimum atomic E-state index is -3.78.